The Kier molecular flexibility index (Phi) is 9.27. The number of carbonyl (C=O) groups excluding carboxylic acids is 1. The van der Waals surface area contributed by atoms with E-state index in [-0.39, 0.29) is 34.5 Å². The highest BCUT2D eigenvalue weighted by Crippen LogP contribution is 2.31. The number of nitrogens with zero attached hydrogens (tertiary/aromatic N) is 3. The van der Waals surface area contributed by atoms with Crippen molar-refractivity contribution in [2.45, 2.75) is 4.90 Å². The van der Waals surface area contributed by atoms with E-state index in [0.29, 0.717) is 13.1 Å². The Labute approximate surface area is 240 Å². The molecule has 5 rings (SSSR count). The molecule has 1 saturated heterocycles. The van der Waals surface area contributed by atoms with Crippen molar-refractivity contribution in [1.29, 1.82) is 0 Å². The van der Waals surface area contributed by atoms with Crippen molar-refractivity contribution in [3.8, 4) is 0 Å². The fraction of sp³-hybridized carbons (Fsp3) is 0.231. The first-order chi connectivity index (χ1) is 17.9. The minimum absolute atomic E-state index is 0. The normalized spacial score (nSPS) is 14.2. The fourth-order valence-electron chi connectivity index (χ4n) is 4.18. The highest BCUT2D eigenvalue weighted by Gasteiger charge is 2.21. The number of piperazine rings is 1. The summed E-state index contributed by atoms with van der Waals surface area (Å²) in [6.07, 6.45) is 0. The monoisotopic (exact) mass is 635 g/mol. The van der Waals surface area contributed by atoms with Crippen LogP contribution in [0.1, 0.15) is 10.4 Å². The molecule has 1 aromatic heterocycles. The van der Waals surface area contributed by atoms with Crippen LogP contribution in [-0.2, 0) is 10.0 Å². The van der Waals surface area contributed by atoms with Crippen LogP contribution in [0.2, 0.25) is 0 Å². The minimum atomic E-state index is -3.80. The molecule has 0 atom stereocenters. The van der Waals surface area contributed by atoms with Crippen molar-refractivity contribution in [2.24, 2.45) is 0 Å². The first-order valence-corrected chi connectivity index (χ1v) is 15.0. The molecule has 8 nitrogen and oxygen atoms in total. The van der Waals surface area contributed by atoms with E-state index in [1.807, 2.05) is 12.1 Å². The smallest absolute Gasteiger partial charge is 0.261 e. The summed E-state index contributed by atoms with van der Waals surface area (Å²) < 4.78 is 30.2. The van der Waals surface area contributed by atoms with Gasteiger partial charge in [-0.3, -0.25) is 14.4 Å². The van der Waals surface area contributed by atoms with Crippen LogP contribution in [0.15, 0.2) is 82.2 Å². The summed E-state index contributed by atoms with van der Waals surface area (Å²) in [6.45, 7) is 4.68. The van der Waals surface area contributed by atoms with Gasteiger partial charge in [0.25, 0.3) is 15.9 Å². The van der Waals surface area contributed by atoms with E-state index >= 15 is 0 Å². The summed E-state index contributed by atoms with van der Waals surface area (Å²) >= 11 is 5.22. The summed E-state index contributed by atoms with van der Waals surface area (Å²) in [4.78, 5) is 22.4. The summed E-state index contributed by atoms with van der Waals surface area (Å²) in [6, 6.07) is 20.9. The van der Waals surface area contributed by atoms with Crippen LogP contribution in [-0.4, -0.2) is 63.5 Å². The van der Waals surface area contributed by atoms with E-state index in [1.54, 1.807) is 53.8 Å². The van der Waals surface area contributed by atoms with Gasteiger partial charge in [-0.25, -0.2) is 13.4 Å². The largest absolute Gasteiger partial charge is 0.351 e. The van der Waals surface area contributed by atoms with Crippen molar-refractivity contribution in [3.05, 3.63) is 82.8 Å². The maximum atomic E-state index is 12.9. The standard InChI is InChI=1S/C26H26BrN5O3S2.ClH/c27-19-10-11-23-24(18-19)36-26(29-23)32-16-14-31(15-17-32)13-12-28-25(33)21-8-4-5-9-22(21)30-37(34,35)20-6-2-1-3-7-20;/h1-11,18,30H,12-17H2,(H,28,33);1H. The quantitative estimate of drug-likeness (QED) is 0.288. The number of sulfonamides is 1. The Balaban J connectivity index is 0.00000336. The second-order valence-electron chi connectivity index (χ2n) is 8.66. The molecule has 12 heteroatoms. The van der Waals surface area contributed by atoms with Crippen LogP contribution < -0.4 is 14.9 Å². The number of anilines is 2. The van der Waals surface area contributed by atoms with Crippen LogP contribution in [0.3, 0.4) is 0 Å². The number of nitrogens with one attached hydrogen (secondary N) is 2. The third-order valence-electron chi connectivity index (χ3n) is 6.17. The Bertz CT molecular complexity index is 1510. The summed E-state index contributed by atoms with van der Waals surface area (Å²) in [5.74, 6) is -0.314. The van der Waals surface area contributed by atoms with Gasteiger partial charge in [0.05, 0.1) is 26.4 Å². The topological polar surface area (TPSA) is 94.6 Å². The number of fused-ring (bicyclic) bond motifs is 1. The number of thiazole rings is 1. The zero-order chi connectivity index (χ0) is 25.8. The van der Waals surface area contributed by atoms with E-state index in [2.05, 4.69) is 41.8 Å². The lowest BCUT2D eigenvalue weighted by Crippen LogP contribution is -2.48. The highest BCUT2D eigenvalue weighted by molar-refractivity contribution is 9.10. The molecular formula is C26H27BrClN5O3S2. The molecule has 1 aliphatic rings. The third kappa shape index (κ3) is 6.65. The second-order valence-corrected chi connectivity index (χ2v) is 12.3. The molecule has 3 aromatic carbocycles. The van der Waals surface area contributed by atoms with E-state index < -0.39 is 10.0 Å². The zero-order valence-corrected chi connectivity index (χ0v) is 24.4. The molecular weight excluding hydrogens is 610 g/mol. The van der Waals surface area contributed by atoms with E-state index in [4.69, 9.17) is 4.98 Å². The molecule has 1 fully saturated rings. The van der Waals surface area contributed by atoms with Gasteiger partial charge in [0.15, 0.2) is 5.13 Å². The number of halogens is 2. The molecule has 2 heterocycles. The predicted molar refractivity (Wildman–Crippen MR) is 159 cm³/mol. The first kappa shape index (κ1) is 28.3. The summed E-state index contributed by atoms with van der Waals surface area (Å²) in [5.41, 5.74) is 1.55. The number of aromatic nitrogens is 1. The Morgan fingerprint density at radius 3 is 2.45 bits per heavy atom. The van der Waals surface area contributed by atoms with Gasteiger partial charge in [-0.1, -0.05) is 57.6 Å². The van der Waals surface area contributed by atoms with Crippen LogP contribution in [0.5, 0.6) is 0 Å². The van der Waals surface area contributed by atoms with Gasteiger partial charge in [-0.05, 0) is 42.5 Å². The Hall–Kier alpha value is -2.70. The molecule has 38 heavy (non-hydrogen) atoms. The number of hydrogen-bond donors (Lipinski definition) is 2. The van der Waals surface area contributed by atoms with Gasteiger partial charge < -0.3 is 10.2 Å². The average molecular weight is 637 g/mol. The van der Waals surface area contributed by atoms with E-state index in [9.17, 15) is 13.2 Å². The molecule has 0 bridgehead atoms. The Morgan fingerprint density at radius 2 is 1.68 bits per heavy atom. The van der Waals surface area contributed by atoms with Crippen molar-refractivity contribution >= 4 is 76.6 Å². The van der Waals surface area contributed by atoms with Crippen LogP contribution >= 0.6 is 39.7 Å². The predicted octanol–water partition coefficient (Wildman–Crippen LogP) is 4.83. The van der Waals surface area contributed by atoms with Gasteiger partial charge in [0.2, 0.25) is 0 Å². The highest BCUT2D eigenvalue weighted by atomic mass is 79.9. The van der Waals surface area contributed by atoms with Crippen molar-refractivity contribution in [3.63, 3.8) is 0 Å². The lowest BCUT2D eigenvalue weighted by Gasteiger charge is -2.34. The van der Waals surface area contributed by atoms with Crippen LogP contribution in [0.25, 0.3) is 10.2 Å². The van der Waals surface area contributed by atoms with Gasteiger partial charge in [0, 0.05) is 43.7 Å². The first-order valence-electron chi connectivity index (χ1n) is 11.9. The van der Waals surface area contributed by atoms with E-state index in [1.165, 1.54) is 16.8 Å². The molecule has 0 saturated carbocycles. The molecule has 0 spiro atoms. The molecule has 0 radical (unpaired) electrons. The van der Waals surface area contributed by atoms with Crippen molar-refractivity contribution < 1.29 is 13.2 Å². The summed E-state index contributed by atoms with van der Waals surface area (Å²) in [7, 11) is -3.80. The second kappa shape index (κ2) is 12.4. The maximum Gasteiger partial charge on any atom is 0.261 e. The Morgan fingerprint density at radius 1 is 0.974 bits per heavy atom. The van der Waals surface area contributed by atoms with Gasteiger partial charge in [-0.2, -0.15) is 0 Å². The van der Waals surface area contributed by atoms with Crippen molar-refractivity contribution in [2.75, 3.05) is 48.9 Å². The molecule has 200 valence electrons. The molecule has 4 aromatic rings. The van der Waals surface area contributed by atoms with Gasteiger partial charge in [0.1, 0.15) is 0 Å². The molecule has 1 amide bonds. The number of benzene rings is 3. The number of hydrogen-bond acceptors (Lipinski definition) is 7. The third-order valence-corrected chi connectivity index (χ3v) is 9.12. The number of carbonyl (C=O) groups is 1. The molecule has 1 aliphatic heterocycles. The maximum absolute atomic E-state index is 12.9. The molecule has 0 unspecified atom stereocenters. The van der Waals surface area contributed by atoms with Crippen LogP contribution in [0, 0.1) is 0 Å². The van der Waals surface area contributed by atoms with Gasteiger partial charge >= 0.3 is 0 Å². The SMILES string of the molecule is Cl.O=C(NCCN1CCN(c2nc3ccc(Br)cc3s2)CC1)c1ccccc1NS(=O)(=O)c1ccccc1. The molecule has 0 aliphatic carbocycles. The fourth-order valence-corrected chi connectivity index (χ4v) is 6.85. The summed E-state index contributed by atoms with van der Waals surface area (Å²) in [5, 5.41) is 3.97. The lowest BCUT2D eigenvalue weighted by molar-refractivity contribution is 0.0948. The minimum Gasteiger partial charge on any atom is -0.351 e. The van der Waals surface area contributed by atoms with Crippen molar-refractivity contribution in [1.82, 2.24) is 15.2 Å². The van der Waals surface area contributed by atoms with Crippen LogP contribution in [0.4, 0.5) is 10.8 Å². The number of para-hydroxylation sites is 1. The molecule has 2 N–H and O–H groups in total. The lowest BCUT2D eigenvalue weighted by atomic mass is 10.1. The number of rotatable bonds is 8. The number of amides is 1. The van der Waals surface area contributed by atoms with Gasteiger partial charge in [-0.15, -0.1) is 12.4 Å². The van der Waals surface area contributed by atoms with E-state index in [0.717, 1.165) is 41.3 Å². The zero-order valence-electron chi connectivity index (χ0n) is 20.3. The average Bonchev–Trinajstić information content (AvgIpc) is 3.33.